The van der Waals surface area contributed by atoms with E-state index in [1.165, 1.54) is 12.8 Å². The van der Waals surface area contributed by atoms with E-state index in [1.54, 1.807) is 6.07 Å². The highest BCUT2D eigenvalue weighted by molar-refractivity contribution is 5.77. The average Bonchev–Trinajstić information content (AvgIpc) is 3.23. The zero-order valence-electron chi connectivity index (χ0n) is 11.1. The Kier molecular flexibility index (Phi) is 3.34. The molecule has 0 spiro atoms. The maximum atomic E-state index is 11.9. The van der Waals surface area contributed by atoms with Crippen LogP contribution in [0.5, 0.6) is 0 Å². The average molecular weight is 257 g/mol. The molecule has 100 valence electrons. The number of hydrogen-bond acceptors (Lipinski definition) is 3. The lowest BCUT2D eigenvalue weighted by Gasteiger charge is -2.11. The molecule has 1 saturated carbocycles. The zero-order valence-corrected chi connectivity index (χ0v) is 11.1. The van der Waals surface area contributed by atoms with Crippen LogP contribution in [-0.2, 0) is 6.54 Å². The number of aromatic amines is 1. The highest BCUT2D eigenvalue weighted by Crippen LogP contribution is 2.36. The van der Waals surface area contributed by atoms with Crippen LogP contribution >= 0.6 is 0 Å². The fourth-order valence-corrected chi connectivity index (χ4v) is 2.47. The van der Waals surface area contributed by atoms with E-state index >= 15 is 0 Å². The van der Waals surface area contributed by atoms with Crippen molar-refractivity contribution in [2.24, 2.45) is 11.8 Å². The molecule has 1 aromatic heterocycles. The maximum absolute atomic E-state index is 11.9. The first kappa shape index (κ1) is 12.4. The van der Waals surface area contributed by atoms with Gasteiger partial charge in [-0.25, -0.2) is 4.98 Å². The van der Waals surface area contributed by atoms with Crippen molar-refractivity contribution in [2.75, 3.05) is 6.54 Å². The molecule has 1 heterocycles. The molecular formula is C15H19N3O. The number of para-hydroxylation sites is 1. The Morgan fingerprint density at radius 3 is 3.00 bits per heavy atom. The highest BCUT2D eigenvalue weighted by atomic mass is 16.1. The third-order valence-corrected chi connectivity index (χ3v) is 3.85. The van der Waals surface area contributed by atoms with Gasteiger partial charge in [-0.2, -0.15) is 0 Å². The monoisotopic (exact) mass is 257 g/mol. The van der Waals surface area contributed by atoms with Gasteiger partial charge in [-0.3, -0.25) is 4.79 Å². The van der Waals surface area contributed by atoms with Gasteiger partial charge >= 0.3 is 0 Å². The summed E-state index contributed by atoms with van der Waals surface area (Å²) in [5.74, 6) is 2.33. The SMILES string of the molecule is CC(CNCc1nc2ccccc2c(=O)[nH]1)C1CC1. The van der Waals surface area contributed by atoms with Crippen molar-refractivity contribution < 1.29 is 0 Å². The fourth-order valence-electron chi connectivity index (χ4n) is 2.47. The minimum atomic E-state index is -0.0577. The number of fused-ring (bicyclic) bond motifs is 1. The molecule has 0 amide bonds. The van der Waals surface area contributed by atoms with Crippen LogP contribution in [0.15, 0.2) is 29.1 Å². The number of nitrogens with one attached hydrogen (secondary N) is 2. The van der Waals surface area contributed by atoms with Gasteiger partial charge in [0.2, 0.25) is 0 Å². The van der Waals surface area contributed by atoms with Crippen LogP contribution in [-0.4, -0.2) is 16.5 Å². The van der Waals surface area contributed by atoms with E-state index in [2.05, 4.69) is 22.2 Å². The Hall–Kier alpha value is -1.68. The number of nitrogens with zero attached hydrogens (tertiary/aromatic N) is 1. The summed E-state index contributed by atoms with van der Waals surface area (Å²) in [4.78, 5) is 19.2. The van der Waals surface area contributed by atoms with Gasteiger partial charge in [0.1, 0.15) is 5.82 Å². The molecule has 0 bridgehead atoms. The molecule has 0 saturated heterocycles. The van der Waals surface area contributed by atoms with Crippen molar-refractivity contribution in [1.82, 2.24) is 15.3 Å². The Bertz CT molecular complexity index is 631. The van der Waals surface area contributed by atoms with Crippen molar-refractivity contribution >= 4 is 10.9 Å². The third-order valence-electron chi connectivity index (χ3n) is 3.85. The van der Waals surface area contributed by atoms with Crippen LogP contribution in [0.1, 0.15) is 25.6 Å². The molecule has 1 aliphatic carbocycles. The molecule has 2 aromatic rings. The summed E-state index contributed by atoms with van der Waals surface area (Å²) in [6.07, 6.45) is 2.74. The van der Waals surface area contributed by atoms with Gasteiger partial charge in [0, 0.05) is 0 Å². The summed E-state index contributed by atoms with van der Waals surface area (Å²) in [6.45, 7) is 3.89. The summed E-state index contributed by atoms with van der Waals surface area (Å²) in [5, 5.41) is 4.03. The van der Waals surface area contributed by atoms with Gasteiger partial charge in [0.25, 0.3) is 5.56 Å². The largest absolute Gasteiger partial charge is 0.310 e. The molecule has 0 radical (unpaired) electrons. The summed E-state index contributed by atoms with van der Waals surface area (Å²) in [5.41, 5.74) is 0.705. The normalized spacial score (nSPS) is 16.7. The number of H-pyrrole nitrogens is 1. The van der Waals surface area contributed by atoms with Crippen LogP contribution in [0.25, 0.3) is 10.9 Å². The van der Waals surface area contributed by atoms with Crippen molar-refractivity contribution in [3.05, 3.63) is 40.4 Å². The molecule has 1 unspecified atom stereocenters. The van der Waals surface area contributed by atoms with E-state index in [9.17, 15) is 4.79 Å². The lowest BCUT2D eigenvalue weighted by Crippen LogP contribution is -2.24. The van der Waals surface area contributed by atoms with Crippen LogP contribution < -0.4 is 10.9 Å². The highest BCUT2D eigenvalue weighted by Gasteiger charge is 2.27. The summed E-state index contributed by atoms with van der Waals surface area (Å²) in [7, 11) is 0. The van der Waals surface area contributed by atoms with Gasteiger partial charge in [0.05, 0.1) is 17.4 Å². The van der Waals surface area contributed by atoms with Crippen molar-refractivity contribution in [3.8, 4) is 0 Å². The second-order valence-corrected chi connectivity index (χ2v) is 5.48. The van der Waals surface area contributed by atoms with Gasteiger partial charge < -0.3 is 10.3 Å². The molecule has 1 aromatic carbocycles. The molecule has 4 nitrogen and oxygen atoms in total. The second kappa shape index (κ2) is 5.13. The van der Waals surface area contributed by atoms with Crippen molar-refractivity contribution in [1.29, 1.82) is 0 Å². The molecule has 0 aliphatic heterocycles. The van der Waals surface area contributed by atoms with Crippen LogP contribution in [0.3, 0.4) is 0 Å². The standard InChI is InChI=1S/C15H19N3O/c1-10(11-6-7-11)8-16-9-14-17-13-5-3-2-4-12(13)15(19)18-14/h2-5,10-11,16H,6-9H2,1H3,(H,17,18,19). The summed E-state index contributed by atoms with van der Waals surface area (Å²) >= 11 is 0. The van der Waals surface area contributed by atoms with Crippen LogP contribution in [0, 0.1) is 11.8 Å². The molecule has 1 fully saturated rings. The predicted octanol–water partition coefficient (Wildman–Crippen LogP) is 2.06. The second-order valence-electron chi connectivity index (χ2n) is 5.48. The Morgan fingerprint density at radius 2 is 2.21 bits per heavy atom. The molecule has 3 rings (SSSR count). The number of aromatic nitrogens is 2. The minimum absolute atomic E-state index is 0.0577. The van der Waals surface area contributed by atoms with E-state index in [1.807, 2.05) is 18.2 Å². The first-order chi connectivity index (χ1) is 9.24. The van der Waals surface area contributed by atoms with E-state index < -0.39 is 0 Å². The van der Waals surface area contributed by atoms with Crippen LogP contribution in [0.4, 0.5) is 0 Å². The smallest absolute Gasteiger partial charge is 0.258 e. The molecular weight excluding hydrogens is 238 g/mol. The van der Waals surface area contributed by atoms with Gasteiger partial charge in [-0.1, -0.05) is 19.1 Å². The third kappa shape index (κ3) is 2.84. The summed E-state index contributed by atoms with van der Waals surface area (Å²) in [6, 6.07) is 7.43. The molecule has 4 heteroatoms. The van der Waals surface area contributed by atoms with E-state index in [-0.39, 0.29) is 5.56 Å². The topological polar surface area (TPSA) is 57.8 Å². The van der Waals surface area contributed by atoms with E-state index in [0.717, 1.165) is 18.0 Å². The van der Waals surface area contributed by atoms with Crippen LogP contribution in [0.2, 0.25) is 0 Å². The van der Waals surface area contributed by atoms with Gasteiger partial charge in [-0.15, -0.1) is 0 Å². The quantitative estimate of drug-likeness (QED) is 0.862. The minimum Gasteiger partial charge on any atom is -0.310 e. The first-order valence-electron chi connectivity index (χ1n) is 6.92. The van der Waals surface area contributed by atoms with E-state index in [0.29, 0.717) is 23.7 Å². The lowest BCUT2D eigenvalue weighted by molar-refractivity contribution is 0.458. The van der Waals surface area contributed by atoms with Gasteiger partial charge in [0.15, 0.2) is 0 Å². The summed E-state index contributed by atoms with van der Waals surface area (Å²) < 4.78 is 0. The Morgan fingerprint density at radius 1 is 1.42 bits per heavy atom. The molecule has 1 atom stereocenters. The Labute approximate surface area is 112 Å². The van der Waals surface area contributed by atoms with Crippen molar-refractivity contribution in [2.45, 2.75) is 26.3 Å². The first-order valence-corrected chi connectivity index (χ1v) is 6.92. The number of hydrogen-bond donors (Lipinski definition) is 2. The number of rotatable bonds is 5. The maximum Gasteiger partial charge on any atom is 0.258 e. The Balaban J connectivity index is 1.69. The van der Waals surface area contributed by atoms with E-state index in [4.69, 9.17) is 0 Å². The molecule has 19 heavy (non-hydrogen) atoms. The fraction of sp³-hybridized carbons (Fsp3) is 0.467. The zero-order chi connectivity index (χ0) is 13.2. The predicted molar refractivity (Wildman–Crippen MR) is 76.0 cm³/mol. The molecule has 2 N–H and O–H groups in total. The van der Waals surface area contributed by atoms with Gasteiger partial charge in [-0.05, 0) is 43.4 Å². The number of benzene rings is 1. The lowest BCUT2D eigenvalue weighted by atomic mass is 10.1. The van der Waals surface area contributed by atoms with Crippen molar-refractivity contribution in [3.63, 3.8) is 0 Å². The molecule has 1 aliphatic rings.